The van der Waals surface area contributed by atoms with Crippen molar-refractivity contribution in [2.24, 2.45) is 5.73 Å². The molecular weight excluding hydrogens is 830 g/mol. The second-order valence-corrected chi connectivity index (χ2v) is 19.5. The maximum atomic E-state index is 12.7. The van der Waals surface area contributed by atoms with Crippen LogP contribution in [0.1, 0.15) is 258 Å². The van der Waals surface area contributed by atoms with Crippen LogP contribution in [0.4, 0.5) is 0 Å². The fraction of sp³-hybridized carbons (Fsp3) is 0.865. The van der Waals surface area contributed by atoms with Crippen LogP contribution in [0.25, 0.3) is 0 Å². The predicted octanol–water partition coefficient (Wildman–Crippen LogP) is 15.0. The molecule has 0 saturated carbocycles. The number of phosphoric ester groups is 1. The van der Waals surface area contributed by atoms with Crippen molar-refractivity contribution in [1.82, 2.24) is 0 Å². The van der Waals surface area contributed by atoms with Crippen LogP contribution in [0.2, 0.25) is 0 Å². The zero-order valence-electron chi connectivity index (χ0n) is 41.1. The zero-order valence-corrected chi connectivity index (χ0v) is 42.0. The highest BCUT2D eigenvalue weighted by Gasteiger charge is 2.28. The Kier molecular flexibility index (Phi) is 45.9. The van der Waals surface area contributed by atoms with Crippen molar-refractivity contribution in [3.05, 3.63) is 24.3 Å². The Hall–Kier alpha value is -2.04. The molecule has 0 fully saturated rings. The molecule has 0 bridgehead atoms. The van der Waals surface area contributed by atoms with Crippen LogP contribution in [0, 0.1) is 0 Å². The van der Waals surface area contributed by atoms with E-state index in [0.717, 1.165) is 51.4 Å². The summed E-state index contributed by atoms with van der Waals surface area (Å²) in [4.78, 5) is 46.2. The smallest absolute Gasteiger partial charge is 0.472 e. The van der Waals surface area contributed by atoms with E-state index in [9.17, 15) is 23.8 Å². The molecule has 0 aromatic rings. The monoisotopic (exact) mass is 928 g/mol. The maximum absolute atomic E-state index is 12.7. The van der Waals surface area contributed by atoms with Gasteiger partial charge in [0, 0.05) is 12.8 Å². The summed E-state index contributed by atoms with van der Waals surface area (Å²) in [6.07, 6.45) is 52.4. The number of unbranched alkanes of at least 4 members (excludes halogenated alkanes) is 32. The number of allylic oxidation sites excluding steroid dienone is 4. The molecule has 0 saturated heterocycles. The van der Waals surface area contributed by atoms with Gasteiger partial charge in [-0.25, -0.2) is 4.57 Å². The van der Waals surface area contributed by atoms with Crippen molar-refractivity contribution >= 4 is 25.7 Å². The highest BCUT2D eigenvalue weighted by atomic mass is 31.2. The predicted molar refractivity (Wildman–Crippen MR) is 263 cm³/mol. The Morgan fingerprint density at radius 1 is 0.484 bits per heavy atom. The molecule has 0 rings (SSSR count). The van der Waals surface area contributed by atoms with Crippen molar-refractivity contribution in [3.8, 4) is 0 Å². The van der Waals surface area contributed by atoms with E-state index in [4.69, 9.17) is 24.8 Å². The topological polar surface area (TPSA) is 172 Å². The first-order chi connectivity index (χ1) is 31.1. The summed E-state index contributed by atoms with van der Waals surface area (Å²) in [5.74, 6) is -2.37. The van der Waals surface area contributed by atoms with Crippen molar-refractivity contribution in [1.29, 1.82) is 0 Å². The van der Waals surface area contributed by atoms with Gasteiger partial charge in [-0.2, -0.15) is 0 Å². The first kappa shape index (κ1) is 62.0. The minimum absolute atomic E-state index is 0.160. The Bertz CT molecular complexity index is 1180. The van der Waals surface area contributed by atoms with E-state index in [1.807, 2.05) is 0 Å². The minimum atomic E-state index is -4.72. The summed E-state index contributed by atoms with van der Waals surface area (Å²) >= 11 is 0. The Morgan fingerprint density at radius 2 is 0.828 bits per heavy atom. The van der Waals surface area contributed by atoms with Gasteiger partial charge in [0.1, 0.15) is 12.6 Å². The fourth-order valence-corrected chi connectivity index (χ4v) is 8.35. The van der Waals surface area contributed by atoms with Crippen LogP contribution in [0.15, 0.2) is 24.3 Å². The summed E-state index contributed by atoms with van der Waals surface area (Å²) in [5.41, 5.74) is 5.36. The lowest BCUT2D eigenvalue weighted by Crippen LogP contribution is -2.34. The molecule has 0 radical (unpaired) electrons. The van der Waals surface area contributed by atoms with Crippen LogP contribution in [-0.2, 0) is 37.5 Å². The van der Waals surface area contributed by atoms with E-state index in [2.05, 4.69) is 42.7 Å². The summed E-state index contributed by atoms with van der Waals surface area (Å²) in [6, 6.07) is -1.52. The third-order valence-electron chi connectivity index (χ3n) is 11.7. The van der Waals surface area contributed by atoms with E-state index in [-0.39, 0.29) is 19.4 Å². The molecule has 0 spiro atoms. The van der Waals surface area contributed by atoms with E-state index >= 15 is 0 Å². The number of hydrogen-bond donors (Lipinski definition) is 3. The third-order valence-corrected chi connectivity index (χ3v) is 12.7. The second-order valence-electron chi connectivity index (χ2n) is 18.0. The molecule has 0 aromatic heterocycles. The average molecular weight is 928 g/mol. The number of hydrogen-bond acceptors (Lipinski definition) is 9. The quantitative estimate of drug-likeness (QED) is 0.0229. The van der Waals surface area contributed by atoms with Crippen LogP contribution in [0.3, 0.4) is 0 Å². The van der Waals surface area contributed by atoms with Gasteiger partial charge in [0.2, 0.25) is 0 Å². The van der Waals surface area contributed by atoms with Gasteiger partial charge in [0.05, 0.1) is 13.2 Å². The molecule has 376 valence electrons. The van der Waals surface area contributed by atoms with Gasteiger partial charge in [-0.3, -0.25) is 23.4 Å². The number of rotatable bonds is 50. The van der Waals surface area contributed by atoms with Gasteiger partial charge in [0.15, 0.2) is 6.10 Å². The number of esters is 2. The van der Waals surface area contributed by atoms with E-state index < -0.39 is 51.1 Å². The zero-order chi connectivity index (χ0) is 47.0. The number of carboxylic acids is 1. The first-order valence-corrected chi connectivity index (χ1v) is 27.9. The highest BCUT2D eigenvalue weighted by molar-refractivity contribution is 7.47. The summed E-state index contributed by atoms with van der Waals surface area (Å²) in [5, 5.41) is 8.93. The van der Waals surface area contributed by atoms with Gasteiger partial charge < -0.3 is 25.2 Å². The summed E-state index contributed by atoms with van der Waals surface area (Å²) in [6.45, 7) is 2.83. The first-order valence-electron chi connectivity index (χ1n) is 26.4. The molecule has 0 aromatic carbocycles. The second kappa shape index (κ2) is 47.5. The van der Waals surface area contributed by atoms with Crippen molar-refractivity contribution in [2.45, 2.75) is 270 Å². The van der Waals surface area contributed by atoms with E-state index in [1.54, 1.807) is 0 Å². The molecule has 1 unspecified atom stereocenters. The number of carboxylic acid groups (broad SMARTS) is 1. The van der Waals surface area contributed by atoms with Crippen LogP contribution >= 0.6 is 7.82 Å². The highest BCUT2D eigenvalue weighted by Crippen LogP contribution is 2.43. The molecule has 3 atom stereocenters. The lowest BCUT2D eigenvalue weighted by atomic mass is 10.0. The van der Waals surface area contributed by atoms with E-state index in [1.165, 1.54) is 167 Å². The largest absolute Gasteiger partial charge is 0.480 e. The van der Waals surface area contributed by atoms with Crippen LogP contribution in [-0.4, -0.2) is 59.9 Å². The molecule has 4 N–H and O–H groups in total. The lowest BCUT2D eigenvalue weighted by Gasteiger charge is -2.20. The van der Waals surface area contributed by atoms with Crippen molar-refractivity contribution < 1.29 is 47.5 Å². The standard InChI is InChI=1S/C52H98NO10P/c1-3-5-7-9-11-13-15-17-19-21-23-24-26-27-29-31-33-35-37-39-41-43-50(54)60-45-48(46-61-64(58,59)62-47-49(53)52(56)57)63-51(55)44-42-40-38-36-34-32-30-28-25-22-20-18-16-14-12-10-8-6-4-2/h12,14,18,20,48-49H,3-11,13,15-17,19,21-47,53H2,1-2H3,(H,56,57)(H,58,59)/b14-12+,20-18+/t48-,49+/m1/s1. The lowest BCUT2D eigenvalue weighted by molar-refractivity contribution is -0.161. The molecule has 0 heterocycles. The number of carbonyl (C=O) groups is 3. The van der Waals surface area contributed by atoms with Gasteiger partial charge >= 0.3 is 25.7 Å². The number of nitrogens with two attached hydrogens (primary N) is 1. The molecule has 0 aliphatic heterocycles. The molecule has 64 heavy (non-hydrogen) atoms. The molecule has 0 amide bonds. The minimum Gasteiger partial charge on any atom is -0.480 e. The SMILES string of the molecule is CCCCC/C=C/C/C=C/CCCCCCCCCCCC(=O)O[C@H](COC(=O)CCCCCCCCCCCCCCCCCCCCCCC)COP(=O)(O)OC[C@H](N)C(=O)O. The van der Waals surface area contributed by atoms with Gasteiger partial charge in [-0.05, 0) is 44.9 Å². The van der Waals surface area contributed by atoms with Gasteiger partial charge in [-0.15, -0.1) is 0 Å². The van der Waals surface area contributed by atoms with E-state index in [0.29, 0.717) is 12.8 Å². The molecular formula is C52H98NO10P. The average Bonchev–Trinajstić information content (AvgIpc) is 3.27. The normalized spacial score (nSPS) is 13.7. The Morgan fingerprint density at radius 3 is 1.25 bits per heavy atom. The van der Waals surface area contributed by atoms with Gasteiger partial charge in [-0.1, -0.05) is 224 Å². The van der Waals surface area contributed by atoms with Gasteiger partial charge in [0.25, 0.3) is 0 Å². The maximum Gasteiger partial charge on any atom is 0.472 e. The molecule has 0 aliphatic rings. The number of carbonyl (C=O) groups excluding carboxylic acids is 2. The molecule has 11 nitrogen and oxygen atoms in total. The molecule has 0 aliphatic carbocycles. The fourth-order valence-electron chi connectivity index (χ4n) is 7.57. The Labute approximate surface area is 391 Å². The Balaban J connectivity index is 4.20. The van der Waals surface area contributed by atoms with Crippen molar-refractivity contribution in [3.63, 3.8) is 0 Å². The number of ether oxygens (including phenoxy) is 2. The number of aliphatic carboxylic acids is 1. The number of phosphoric acid groups is 1. The third kappa shape index (κ3) is 46.5. The van der Waals surface area contributed by atoms with Crippen LogP contribution < -0.4 is 5.73 Å². The summed E-state index contributed by atoms with van der Waals surface area (Å²) < 4.78 is 32.9. The molecule has 12 heteroatoms. The van der Waals surface area contributed by atoms with Crippen molar-refractivity contribution in [2.75, 3.05) is 19.8 Å². The van der Waals surface area contributed by atoms with Crippen LogP contribution in [0.5, 0.6) is 0 Å². The summed E-state index contributed by atoms with van der Waals surface area (Å²) in [7, 11) is -4.72.